The molecule has 5 nitrogen and oxygen atoms in total. The van der Waals surface area contributed by atoms with Gasteiger partial charge in [0.1, 0.15) is 0 Å². The number of hydrogen-bond acceptors (Lipinski definition) is 4. The molecule has 2 aromatic heterocycles. The van der Waals surface area contributed by atoms with Crippen LogP contribution in [0.5, 0.6) is 0 Å². The minimum atomic E-state index is -0.0838. The van der Waals surface area contributed by atoms with E-state index in [0.717, 1.165) is 47.7 Å². The van der Waals surface area contributed by atoms with Crippen molar-refractivity contribution in [3.05, 3.63) is 69.5 Å². The summed E-state index contributed by atoms with van der Waals surface area (Å²) in [6.07, 6.45) is 8.72. The molecule has 0 amide bonds. The standard InChI is InChI=1S/C23H30N4O/c1-17-18(2)25-20-10-16-27(15-8-14-26-12-6-3-7-13-26)23(28)22(20)21(17)19-9-4-5-11-24-19/h4-5,9-11,16,21,25H,3,6-8,12-15H2,1-2H3. The summed E-state index contributed by atoms with van der Waals surface area (Å²) in [6.45, 7) is 8.40. The molecule has 1 fully saturated rings. The highest BCUT2D eigenvalue weighted by molar-refractivity contribution is 5.63. The molecule has 0 saturated carbocycles. The average Bonchev–Trinajstić information content (AvgIpc) is 2.73. The van der Waals surface area contributed by atoms with Gasteiger partial charge in [-0.05, 0) is 76.5 Å². The Labute approximate surface area is 167 Å². The molecule has 2 aliphatic rings. The number of anilines is 1. The van der Waals surface area contributed by atoms with Crippen molar-refractivity contribution in [1.82, 2.24) is 14.5 Å². The highest BCUT2D eigenvalue weighted by atomic mass is 16.1. The molecular weight excluding hydrogens is 348 g/mol. The van der Waals surface area contributed by atoms with Crippen molar-refractivity contribution in [2.45, 2.75) is 52.0 Å². The second-order valence-electron chi connectivity index (χ2n) is 8.02. The van der Waals surface area contributed by atoms with E-state index < -0.39 is 0 Å². The molecule has 4 rings (SSSR count). The first-order valence-corrected chi connectivity index (χ1v) is 10.5. The van der Waals surface area contributed by atoms with Crippen molar-refractivity contribution in [2.75, 3.05) is 25.0 Å². The molecule has 0 aromatic carbocycles. The van der Waals surface area contributed by atoms with Gasteiger partial charge >= 0.3 is 0 Å². The van der Waals surface area contributed by atoms with E-state index in [9.17, 15) is 4.79 Å². The lowest BCUT2D eigenvalue weighted by molar-refractivity contribution is 0.222. The number of likely N-dealkylation sites (tertiary alicyclic amines) is 1. The molecule has 1 N–H and O–H groups in total. The molecule has 28 heavy (non-hydrogen) atoms. The topological polar surface area (TPSA) is 50.2 Å². The van der Waals surface area contributed by atoms with Crippen LogP contribution in [-0.2, 0) is 6.54 Å². The van der Waals surface area contributed by atoms with Crippen LogP contribution in [0.2, 0.25) is 0 Å². The van der Waals surface area contributed by atoms with Crippen LogP contribution in [0, 0.1) is 0 Å². The van der Waals surface area contributed by atoms with Gasteiger partial charge in [-0.25, -0.2) is 0 Å². The molecule has 4 heterocycles. The Balaban J connectivity index is 1.60. The van der Waals surface area contributed by atoms with Crippen molar-refractivity contribution in [2.24, 2.45) is 0 Å². The number of fused-ring (bicyclic) bond motifs is 1. The summed E-state index contributed by atoms with van der Waals surface area (Å²) < 4.78 is 1.88. The number of pyridine rings is 2. The molecule has 0 radical (unpaired) electrons. The fourth-order valence-corrected chi connectivity index (χ4v) is 4.45. The van der Waals surface area contributed by atoms with Crippen LogP contribution in [-0.4, -0.2) is 34.1 Å². The van der Waals surface area contributed by atoms with Crippen LogP contribution in [0.3, 0.4) is 0 Å². The molecule has 1 saturated heterocycles. The van der Waals surface area contributed by atoms with Crippen LogP contribution < -0.4 is 10.9 Å². The van der Waals surface area contributed by atoms with Crippen LogP contribution in [0.25, 0.3) is 0 Å². The minimum Gasteiger partial charge on any atom is -0.359 e. The van der Waals surface area contributed by atoms with Crippen LogP contribution in [0.15, 0.2) is 52.7 Å². The van der Waals surface area contributed by atoms with Gasteiger partial charge in [-0.3, -0.25) is 9.78 Å². The molecule has 1 unspecified atom stereocenters. The maximum atomic E-state index is 13.4. The number of aryl methyl sites for hydroxylation is 1. The number of rotatable bonds is 5. The Kier molecular flexibility index (Phi) is 5.62. The third kappa shape index (κ3) is 3.76. The van der Waals surface area contributed by atoms with Gasteiger partial charge in [0.2, 0.25) is 0 Å². The Bertz CT molecular complexity index is 910. The molecule has 148 valence electrons. The lowest BCUT2D eigenvalue weighted by Gasteiger charge is -2.29. The number of piperidine rings is 1. The Morgan fingerprint density at radius 1 is 1.11 bits per heavy atom. The lowest BCUT2D eigenvalue weighted by atomic mass is 9.84. The van der Waals surface area contributed by atoms with Crippen molar-refractivity contribution in [1.29, 1.82) is 0 Å². The summed E-state index contributed by atoms with van der Waals surface area (Å²) in [5.41, 5.74) is 5.04. The maximum absolute atomic E-state index is 13.4. The monoisotopic (exact) mass is 378 g/mol. The molecule has 1 atom stereocenters. The Morgan fingerprint density at radius 2 is 1.93 bits per heavy atom. The number of allylic oxidation sites excluding steroid dienone is 2. The zero-order valence-electron chi connectivity index (χ0n) is 16.9. The maximum Gasteiger partial charge on any atom is 0.256 e. The molecule has 2 aliphatic heterocycles. The Morgan fingerprint density at radius 3 is 2.68 bits per heavy atom. The summed E-state index contributed by atoms with van der Waals surface area (Å²) >= 11 is 0. The molecule has 5 heteroatoms. The summed E-state index contributed by atoms with van der Waals surface area (Å²) in [7, 11) is 0. The van der Waals surface area contributed by atoms with E-state index in [4.69, 9.17) is 0 Å². The first-order valence-electron chi connectivity index (χ1n) is 10.5. The Hall–Kier alpha value is -2.40. The minimum absolute atomic E-state index is 0.0838. The van der Waals surface area contributed by atoms with Gasteiger partial charge in [-0.1, -0.05) is 12.5 Å². The van der Waals surface area contributed by atoms with Crippen molar-refractivity contribution < 1.29 is 0 Å². The van der Waals surface area contributed by atoms with Gasteiger partial charge in [0.05, 0.1) is 17.2 Å². The highest BCUT2D eigenvalue weighted by Crippen LogP contribution is 2.38. The average molecular weight is 379 g/mol. The van der Waals surface area contributed by atoms with Gasteiger partial charge in [0, 0.05) is 30.3 Å². The van der Waals surface area contributed by atoms with E-state index in [1.54, 1.807) is 6.20 Å². The third-order valence-corrected chi connectivity index (χ3v) is 6.14. The smallest absolute Gasteiger partial charge is 0.256 e. The molecule has 2 aromatic rings. The zero-order chi connectivity index (χ0) is 19.5. The summed E-state index contributed by atoms with van der Waals surface area (Å²) in [5.74, 6) is -0.0838. The van der Waals surface area contributed by atoms with Crippen molar-refractivity contribution in [3.63, 3.8) is 0 Å². The van der Waals surface area contributed by atoms with Gasteiger partial charge < -0.3 is 14.8 Å². The zero-order valence-corrected chi connectivity index (χ0v) is 16.9. The largest absolute Gasteiger partial charge is 0.359 e. The molecule has 0 bridgehead atoms. The third-order valence-electron chi connectivity index (χ3n) is 6.14. The molecular formula is C23H30N4O. The fourth-order valence-electron chi connectivity index (χ4n) is 4.45. The molecule has 0 aliphatic carbocycles. The van der Waals surface area contributed by atoms with Gasteiger partial charge in [0.25, 0.3) is 5.56 Å². The first kappa shape index (κ1) is 18.9. The van der Waals surface area contributed by atoms with E-state index in [1.807, 2.05) is 35.0 Å². The van der Waals surface area contributed by atoms with Gasteiger partial charge in [-0.15, -0.1) is 0 Å². The molecule has 0 spiro atoms. The normalized spacial score (nSPS) is 20.0. The second kappa shape index (κ2) is 8.31. The van der Waals surface area contributed by atoms with Crippen LogP contribution in [0.1, 0.15) is 56.7 Å². The van der Waals surface area contributed by atoms with E-state index in [1.165, 1.54) is 32.4 Å². The van der Waals surface area contributed by atoms with Crippen molar-refractivity contribution >= 4 is 5.69 Å². The fraction of sp³-hybridized carbons (Fsp3) is 0.478. The van der Waals surface area contributed by atoms with E-state index >= 15 is 0 Å². The number of nitrogens with one attached hydrogen (secondary N) is 1. The first-order chi connectivity index (χ1) is 13.6. The quantitative estimate of drug-likeness (QED) is 0.855. The van der Waals surface area contributed by atoms with Crippen LogP contribution >= 0.6 is 0 Å². The van der Waals surface area contributed by atoms with Gasteiger partial charge in [-0.2, -0.15) is 0 Å². The highest BCUT2D eigenvalue weighted by Gasteiger charge is 2.29. The summed E-state index contributed by atoms with van der Waals surface area (Å²) in [6, 6.07) is 7.97. The number of aromatic nitrogens is 2. The second-order valence-corrected chi connectivity index (χ2v) is 8.02. The number of nitrogens with zero attached hydrogens (tertiary/aromatic N) is 3. The lowest BCUT2D eigenvalue weighted by Crippen LogP contribution is -2.33. The van der Waals surface area contributed by atoms with Crippen molar-refractivity contribution in [3.8, 4) is 0 Å². The van der Waals surface area contributed by atoms with E-state index in [-0.39, 0.29) is 11.5 Å². The predicted molar refractivity (Wildman–Crippen MR) is 114 cm³/mol. The summed E-state index contributed by atoms with van der Waals surface area (Å²) in [4.78, 5) is 20.5. The van der Waals surface area contributed by atoms with Gasteiger partial charge in [0.15, 0.2) is 0 Å². The number of hydrogen-bond donors (Lipinski definition) is 1. The SMILES string of the molecule is CC1=C(C)C(c2ccccn2)c2c(ccn(CCCN3CCCCC3)c2=O)N1. The summed E-state index contributed by atoms with van der Waals surface area (Å²) in [5, 5.41) is 3.42. The van der Waals surface area contributed by atoms with E-state index in [2.05, 4.69) is 29.0 Å². The predicted octanol–water partition coefficient (Wildman–Crippen LogP) is 3.97. The van der Waals surface area contributed by atoms with E-state index in [0.29, 0.717) is 0 Å². The van der Waals surface area contributed by atoms with Crippen LogP contribution in [0.4, 0.5) is 5.69 Å².